The lowest BCUT2D eigenvalue weighted by Crippen LogP contribution is -2.28. The number of amides is 1. The van der Waals surface area contributed by atoms with Gasteiger partial charge < -0.3 is 4.90 Å². The maximum atomic E-state index is 13.2. The van der Waals surface area contributed by atoms with Gasteiger partial charge >= 0.3 is 0 Å². The highest BCUT2D eigenvalue weighted by molar-refractivity contribution is 6.07. The van der Waals surface area contributed by atoms with Crippen LogP contribution in [0.3, 0.4) is 0 Å². The molecule has 1 amide bonds. The molecule has 0 unspecified atom stereocenters. The summed E-state index contributed by atoms with van der Waals surface area (Å²) in [5.41, 5.74) is 4.56. The van der Waals surface area contributed by atoms with E-state index in [1.807, 2.05) is 29.2 Å². The average molecular weight is 345 g/mol. The minimum Gasteiger partial charge on any atom is -0.339 e. The van der Waals surface area contributed by atoms with Crippen LogP contribution in [-0.4, -0.2) is 33.9 Å². The van der Waals surface area contributed by atoms with E-state index in [0.29, 0.717) is 5.92 Å². The molecule has 4 rings (SSSR count). The van der Waals surface area contributed by atoms with Crippen molar-refractivity contribution in [3.8, 4) is 11.3 Å². The molecule has 0 radical (unpaired) electrons. The average Bonchev–Trinajstić information content (AvgIpc) is 3.21. The molecule has 0 N–H and O–H groups in total. The standard InChI is InChI=1S/C22H23N3O/c1-15(2)16-7-8-20-18(12-16)19(22(26)25-10-3-4-11-25)13-21(24-20)17-6-5-9-23-14-17/h5-9,12-15H,3-4,10-11H2,1-2H3. The van der Waals surface area contributed by atoms with E-state index in [1.54, 1.807) is 12.4 Å². The van der Waals surface area contributed by atoms with E-state index in [2.05, 4.69) is 31.0 Å². The summed E-state index contributed by atoms with van der Waals surface area (Å²) in [6.45, 7) is 6.02. The van der Waals surface area contributed by atoms with Crippen LogP contribution in [0, 0.1) is 0 Å². The number of aromatic nitrogens is 2. The SMILES string of the molecule is CC(C)c1ccc2nc(-c3cccnc3)cc(C(=O)N3CCCC3)c2c1. The van der Waals surface area contributed by atoms with Crippen LogP contribution < -0.4 is 0 Å². The molecular weight excluding hydrogens is 322 g/mol. The Morgan fingerprint density at radius 3 is 2.62 bits per heavy atom. The van der Waals surface area contributed by atoms with Gasteiger partial charge in [0.25, 0.3) is 5.91 Å². The number of pyridine rings is 2. The summed E-state index contributed by atoms with van der Waals surface area (Å²) in [7, 11) is 0. The van der Waals surface area contributed by atoms with Gasteiger partial charge in [-0.05, 0) is 54.7 Å². The Kier molecular flexibility index (Phi) is 4.41. The van der Waals surface area contributed by atoms with Gasteiger partial charge in [-0.3, -0.25) is 9.78 Å². The molecule has 0 bridgehead atoms. The molecule has 1 aliphatic rings. The minimum atomic E-state index is 0.112. The van der Waals surface area contributed by atoms with Crippen molar-refractivity contribution < 1.29 is 4.79 Å². The van der Waals surface area contributed by atoms with E-state index in [9.17, 15) is 4.79 Å². The summed E-state index contributed by atoms with van der Waals surface area (Å²) in [4.78, 5) is 24.2. The van der Waals surface area contributed by atoms with Crippen LogP contribution in [0.5, 0.6) is 0 Å². The second-order valence-electron chi connectivity index (χ2n) is 7.23. The second kappa shape index (κ2) is 6.87. The molecule has 0 atom stereocenters. The van der Waals surface area contributed by atoms with Gasteiger partial charge in [-0.25, -0.2) is 4.98 Å². The van der Waals surface area contributed by atoms with E-state index < -0.39 is 0 Å². The molecule has 0 spiro atoms. The molecule has 132 valence electrons. The zero-order valence-electron chi connectivity index (χ0n) is 15.3. The van der Waals surface area contributed by atoms with Crippen molar-refractivity contribution in [2.24, 2.45) is 0 Å². The normalized spacial score (nSPS) is 14.3. The van der Waals surface area contributed by atoms with E-state index >= 15 is 0 Å². The maximum Gasteiger partial charge on any atom is 0.254 e. The quantitative estimate of drug-likeness (QED) is 0.694. The molecule has 1 aliphatic heterocycles. The highest BCUT2D eigenvalue weighted by atomic mass is 16.2. The predicted octanol–water partition coefficient (Wildman–Crippen LogP) is 4.66. The minimum absolute atomic E-state index is 0.112. The molecule has 1 aromatic carbocycles. The van der Waals surface area contributed by atoms with Crippen LogP contribution in [0.4, 0.5) is 0 Å². The summed E-state index contributed by atoms with van der Waals surface area (Å²) in [5, 5.41) is 0.945. The fourth-order valence-corrected chi connectivity index (χ4v) is 3.53. The number of likely N-dealkylation sites (tertiary alicyclic amines) is 1. The highest BCUT2D eigenvalue weighted by Crippen LogP contribution is 2.29. The largest absolute Gasteiger partial charge is 0.339 e. The number of carbonyl (C=O) groups is 1. The molecular formula is C22H23N3O. The lowest BCUT2D eigenvalue weighted by Gasteiger charge is -2.18. The number of fused-ring (bicyclic) bond motifs is 1. The number of carbonyl (C=O) groups excluding carboxylic acids is 1. The van der Waals surface area contributed by atoms with Crippen molar-refractivity contribution in [1.29, 1.82) is 0 Å². The summed E-state index contributed by atoms with van der Waals surface area (Å²) in [6.07, 6.45) is 5.71. The van der Waals surface area contributed by atoms with Gasteiger partial charge in [0.15, 0.2) is 0 Å². The number of nitrogens with zero attached hydrogens (tertiary/aromatic N) is 3. The van der Waals surface area contributed by atoms with Gasteiger partial charge in [-0.15, -0.1) is 0 Å². The van der Waals surface area contributed by atoms with Crippen molar-refractivity contribution in [2.75, 3.05) is 13.1 Å². The summed E-state index contributed by atoms with van der Waals surface area (Å²) in [6, 6.07) is 12.1. The molecule has 3 aromatic rings. The van der Waals surface area contributed by atoms with E-state index in [-0.39, 0.29) is 5.91 Å². The van der Waals surface area contributed by atoms with Crippen LogP contribution in [0.2, 0.25) is 0 Å². The first-order valence-electron chi connectivity index (χ1n) is 9.28. The van der Waals surface area contributed by atoms with E-state index in [4.69, 9.17) is 4.98 Å². The first kappa shape index (κ1) is 16.7. The van der Waals surface area contributed by atoms with Gasteiger partial charge in [-0.1, -0.05) is 19.9 Å². The van der Waals surface area contributed by atoms with E-state index in [1.165, 1.54) is 5.56 Å². The van der Waals surface area contributed by atoms with Gasteiger partial charge in [0.05, 0.1) is 16.8 Å². The van der Waals surface area contributed by atoms with Crippen molar-refractivity contribution in [3.05, 3.63) is 59.9 Å². The van der Waals surface area contributed by atoms with Crippen LogP contribution in [0.25, 0.3) is 22.2 Å². The Morgan fingerprint density at radius 1 is 1.12 bits per heavy atom. The zero-order chi connectivity index (χ0) is 18.1. The Hall–Kier alpha value is -2.75. The van der Waals surface area contributed by atoms with Crippen LogP contribution in [0.15, 0.2) is 48.8 Å². The third kappa shape index (κ3) is 3.07. The molecule has 2 aromatic heterocycles. The molecule has 4 nitrogen and oxygen atoms in total. The Balaban J connectivity index is 1.91. The predicted molar refractivity (Wildman–Crippen MR) is 104 cm³/mol. The van der Waals surface area contributed by atoms with Crippen LogP contribution >= 0.6 is 0 Å². The van der Waals surface area contributed by atoms with Gasteiger partial charge in [0.2, 0.25) is 0 Å². The molecule has 3 heterocycles. The molecule has 1 saturated heterocycles. The molecule has 1 fully saturated rings. The van der Waals surface area contributed by atoms with Crippen LogP contribution in [0.1, 0.15) is 48.5 Å². The highest BCUT2D eigenvalue weighted by Gasteiger charge is 2.23. The van der Waals surface area contributed by atoms with Gasteiger partial charge in [0.1, 0.15) is 0 Å². The van der Waals surface area contributed by atoms with E-state index in [0.717, 1.165) is 53.7 Å². The third-order valence-electron chi connectivity index (χ3n) is 5.08. The van der Waals surface area contributed by atoms with Crippen molar-refractivity contribution in [1.82, 2.24) is 14.9 Å². The topological polar surface area (TPSA) is 46.1 Å². The smallest absolute Gasteiger partial charge is 0.254 e. The first-order valence-corrected chi connectivity index (χ1v) is 9.28. The summed E-state index contributed by atoms with van der Waals surface area (Å²) < 4.78 is 0. The lowest BCUT2D eigenvalue weighted by atomic mass is 9.97. The monoisotopic (exact) mass is 345 g/mol. The molecule has 0 saturated carbocycles. The third-order valence-corrected chi connectivity index (χ3v) is 5.08. The number of hydrogen-bond acceptors (Lipinski definition) is 3. The summed E-state index contributed by atoms with van der Waals surface area (Å²) >= 11 is 0. The number of benzene rings is 1. The van der Waals surface area contributed by atoms with Gasteiger partial charge in [-0.2, -0.15) is 0 Å². The Labute approximate surface area is 153 Å². The zero-order valence-corrected chi connectivity index (χ0v) is 15.3. The van der Waals surface area contributed by atoms with Crippen molar-refractivity contribution >= 4 is 16.8 Å². The van der Waals surface area contributed by atoms with Crippen molar-refractivity contribution in [3.63, 3.8) is 0 Å². The Bertz CT molecular complexity index is 944. The first-order chi connectivity index (χ1) is 12.6. The Morgan fingerprint density at radius 2 is 1.92 bits per heavy atom. The lowest BCUT2D eigenvalue weighted by molar-refractivity contribution is 0.0794. The molecule has 4 heteroatoms. The molecule has 26 heavy (non-hydrogen) atoms. The van der Waals surface area contributed by atoms with Crippen LogP contribution in [-0.2, 0) is 0 Å². The fourth-order valence-electron chi connectivity index (χ4n) is 3.53. The van der Waals surface area contributed by atoms with Crippen molar-refractivity contribution in [2.45, 2.75) is 32.6 Å². The maximum absolute atomic E-state index is 13.2. The molecule has 0 aliphatic carbocycles. The van der Waals surface area contributed by atoms with Gasteiger partial charge in [0, 0.05) is 36.4 Å². The number of hydrogen-bond donors (Lipinski definition) is 0. The summed E-state index contributed by atoms with van der Waals surface area (Å²) in [5.74, 6) is 0.521. The second-order valence-corrected chi connectivity index (χ2v) is 7.23. The number of rotatable bonds is 3. The fraction of sp³-hybridized carbons (Fsp3) is 0.318.